The maximum absolute atomic E-state index is 13.9. The molecule has 0 spiro atoms. The van der Waals surface area contributed by atoms with Crippen molar-refractivity contribution in [3.05, 3.63) is 72.0 Å². The number of carbonyl (C=O) groups excluding carboxylic acids is 2. The Hall–Kier alpha value is -3.82. The van der Waals surface area contributed by atoms with Crippen LogP contribution < -0.4 is 4.90 Å². The average Bonchev–Trinajstić information content (AvgIpc) is 3.30. The summed E-state index contributed by atoms with van der Waals surface area (Å²) in [5.41, 5.74) is 0.949. The number of aryl methyl sites for hydroxylation is 1. The van der Waals surface area contributed by atoms with E-state index in [1.807, 2.05) is 0 Å². The third kappa shape index (κ3) is 5.75. The number of piperazine rings is 1. The van der Waals surface area contributed by atoms with Gasteiger partial charge in [-0.15, -0.1) is 0 Å². The lowest BCUT2D eigenvalue weighted by Gasteiger charge is -2.36. The lowest BCUT2D eigenvalue weighted by atomic mass is 10.2. The molecular weight excluding hydrogens is 451 g/mol. The predicted molar refractivity (Wildman–Crippen MR) is 116 cm³/mol. The van der Waals surface area contributed by atoms with E-state index in [0.717, 1.165) is 17.8 Å². The Morgan fingerprint density at radius 1 is 0.971 bits per heavy atom. The number of benzene rings is 2. The minimum absolute atomic E-state index is 0.0628. The molecule has 1 aliphatic heterocycles. The number of hydrogen-bond donors (Lipinski definition) is 0. The molecule has 4 rings (SSSR count). The van der Waals surface area contributed by atoms with E-state index in [9.17, 15) is 22.8 Å². The molecule has 0 atom stereocenters. The zero-order valence-corrected chi connectivity index (χ0v) is 18.2. The van der Waals surface area contributed by atoms with Gasteiger partial charge in [-0.1, -0.05) is 0 Å². The van der Waals surface area contributed by atoms with Gasteiger partial charge in [0.15, 0.2) is 18.3 Å². The summed E-state index contributed by atoms with van der Waals surface area (Å²) in [6.07, 6.45) is 1.33. The van der Waals surface area contributed by atoms with Crippen molar-refractivity contribution in [1.82, 2.24) is 9.88 Å². The molecule has 178 valence electrons. The number of halogens is 3. The standard InChI is InChI=1S/C24H22F3N3O4/c25-16-1-4-18(5-2-16)29-9-11-30(12-10-29)23(31)15-33-24(32)8-7-22-28-14-21(34-22)19-6-3-17(26)13-20(19)27/h1-6,13-14H,7-12,15H2. The summed E-state index contributed by atoms with van der Waals surface area (Å²) >= 11 is 0. The van der Waals surface area contributed by atoms with Gasteiger partial charge in [-0.3, -0.25) is 9.59 Å². The number of rotatable bonds is 7. The first-order chi connectivity index (χ1) is 16.4. The minimum Gasteiger partial charge on any atom is -0.456 e. The van der Waals surface area contributed by atoms with Gasteiger partial charge >= 0.3 is 5.97 Å². The van der Waals surface area contributed by atoms with Gasteiger partial charge in [-0.2, -0.15) is 0 Å². The molecule has 0 aliphatic carbocycles. The number of anilines is 1. The van der Waals surface area contributed by atoms with Gasteiger partial charge in [0.1, 0.15) is 17.5 Å². The van der Waals surface area contributed by atoms with E-state index in [2.05, 4.69) is 9.88 Å². The second kappa shape index (κ2) is 10.4. The second-order valence-corrected chi connectivity index (χ2v) is 7.75. The van der Waals surface area contributed by atoms with Gasteiger partial charge in [0, 0.05) is 44.4 Å². The molecule has 1 saturated heterocycles. The predicted octanol–water partition coefficient (Wildman–Crippen LogP) is 3.58. The van der Waals surface area contributed by atoms with Crippen LogP contribution in [0.1, 0.15) is 12.3 Å². The van der Waals surface area contributed by atoms with Gasteiger partial charge < -0.3 is 19.0 Å². The Labute approximate surface area is 193 Å². The van der Waals surface area contributed by atoms with Crippen molar-refractivity contribution < 1.29 is 31.9 Å². The molecule has 0 bridgehead atoms. The maximum Gasteiger partial charge on any atom is 0.306 e. The Balaban J connectivity index is 1.19. The zero-order valence-electron chi connectivity index (χ0n) is 18.2. The fourth-order valence-corrected chi connectivity index (χ4v) is 3.62. The van der Waals surface area contributed by atoms with Crippen LogP contribution in [-0.2, 0) is 20.7 Å². The molecule has 2 heterocycles. The van der Waals surface area contributed by atoms with Gasteiger partial charge in [0.2, 0.25) is 0 Å². The van der Waals surface area contributed by atoms with Crippen LogP contribution >= 0.6 is 0 Å². The summed E-state index contributed by atoms with van der Waals surface area (Å²) in [6, 6.07) is 9.28. The highest BCUT2D eigenvalue weighted by Gasteiger charge is 2.22. The van der Waals surface area contributed by atoms with Crippen molar-refractivity contribution in [1.29, 1.82) is 0 Å². The van der Waals surface area contributed by atoms with E-state index < -0.39 is 17.6 Å². The van der Waals surface area contributed by atoms with Crippen molar-refractivity contribution in [3.63, 3.8) is 0 Å². The van der Waals surface area contributed by atoms with Gasteiger partial charge in [-0.25, -0.2) is 18.2 Å². The normalized spacial score (nSPS) is 13.7. The summed E-state index contributed by atoms with van der Waals surface area (Å²) in [4.78, 5) is 32.1. The Bertz CT molecular complexity index is 1160. The summed E-state index contributed by atoms with van der Waals surface area (Å²) in [5, 5.41) is 0. The summed E-state index contributed by atoms with van der Waals surface area (Å²) in [7, 11) is 0. The summed E-state index contributed by atoms with van der Waals surface area (Å²) in [6.45, 7) is 1.74. The van der Waals surface area contributed by atoms with E-state index in [0.29, 0.717) is 26.2 Å². The third-order valence-electron chi connectivity index (χ3n) is 5.47. The molecule has 1 fully saturated rings. The number of esters is 1. The van der Waals surface area contributed by atoms with Crippen molar-refractivity contribution in [3.8, 4) is 11.3 Å². The zero-order chi connectivity index (χ0) is 24.1. The van der Waals surface area contributed by atoms with Crippen LogP contribution in [-0.4, -0.2) is 54.5 Å². The molecule has 3 aromatic rings. The number of nitrogens with zero attached hydrogens (tertiary/aromatic N) is 3. The Morgan fingerprint density at radius 3 is 2.38 bits per heavy atom. The number of aromatic nitrogens is 1. The molecule has 10 heteroatoms. The molecule has 0 radical (unpaired) electrons. The topological polar surface area (TPSA) is 75.9 Å². The number of hydrogen-bond acceptors (Lipinski definition) is 6. The van der Waals surface area contributed by atoms with Gasteiger partial charge in [0.25, 0.3) is 5.91 Å². The van der Waals surface area contributed by atoms with Crippen LogP contribution in [0.2, 0.25) is 0 Å². The molecule has 0 N–H and O–H groups in total. The molecule has 1 aliphatic rings. The lowest BCUT2D eigenvalue weighted by Crippen LogP contribution is -2.49. The van der Waals surface area contributed by atoms with E-state index in [-0.39, 0.29) is 48.4 Å². The maximum atomic E-state index is 13.9. The first-order valence-corrected chi connectivity index (χ1v) is 10.7. The van der Waals surface area contributed by atoms with Crippen LogP contribution in [0.5, 0.6) is 0 Å². The van der Waals surface area contributed by atoms with Crippen LogP contribution in [0.3, 0.4) is 0 Å². The first kappa shape index (κ1) is 23.3. The number of carbonyl (C=O) groups is 2. The van der Waals surface area contributed by atoms with Crippen molar-refractivity contribution in [2.24, 2.45) is 0 Å². The number of ether oxygens (including phenoxy) is 1. The second-order valence-electron chi connectivity index (χ2n) is 7.75. The van der Waals surface area contributed by atoms with Crippen LogP contribution in [0, 0.1) is 17.5 Å². The quantitative estimate of drug-likeness (QED) is 0.489. The van der Waals surface area contributed by atoms with Crippen LogP contribution in [0.15, 0.2) is 53.1 Å². The third-order valence-corrected chi connectivity index (χ3v) is 5.47. The van der Waals surface area contributed by atoms with Crippen molar-refractivity contribution in [2.75, 3.05) is 37.7 Å². The lowest BCUT2D eigenvalue weighted by molar-refractivity contribution is -0.152. The van der Waals surface area contributed by atoms with Gasteiger partial charge in [0.05, 0.1) is 18.2 Å². The van der Waals surface area contributed by atoms with E-state index in [1.165, 1.54) is 24.4 Å². The first-order valence-electron chi connectivity index (χ1n) is 10.7. The van der Waals surface area contributed by atoms with E-state index in [1.54, 1.807) is 17.0 Å². The monoisotopic (exact) mass is 473 g/mol. The van der Waals surface area contributed by atoms with Gasteiger partial charge in [-0.05, 0) is 36.4 Å². The minimum atomic E-state index is -0.779. The summed E-state index contributed by atoms with van der Waals surface area (Å²) < 4.78 is 50.5. The van der Waals surface area contributed by atoms with Crippen molar-refractivity contribution in [2.45, 2.75) is 12.8 Å². The highest BCUT2D eigenvalue weighted by atomic mass is 19.1. The Kier molecular flexibility index (Phi) is 7.15. The van der Waals surface area contributed by atoms with Crippen molar-refractivity contribution >= 4 is 17.6 Å². The van der Waals surface area contributed by atoms with E-state index >= 15 is 0 Å². The largest absolute Gasteiger partial charge is 0.456 e. The molecule has 0 unspecified atom stereocenters. The highest BCUT2D eigenvalue weighted by molar-refractivity contribution is 5.81. The fraction of sp³-hybridized carbons (Fsp3) is 0.292. The number of amides is 1. The fourth-order valence-electron chi connectivity index (χ4n) is 3.62. The molecule has 1 aromatic heterocycles. The molecule has 7 nitrogen and oxygen atoms in total. The SMILES string of the molecule is O=C(CCc1ncc(-c2ccc(F)cc2F)o1)OCC(=O)N1CCN(c2ccc(F)cc2)CC1. The van der Waals surface area contributed by atoms with Crippen LogP contribution in [0.25, 0.3) is 11.3 Å². The molecule has 1 amide bonds. The van der Waals surface area contributed by atoms with E-state index in [4.69, 9.17) is 9.15 Å². The molecule has 2 aromatic carbocycles. The average molecular weight is 473 g/mol. The smallest absolute Gasteiger partial charge is 0.306 e. The molecule has 0 saturated carbocycles. The number of oxazole rings is 1. The molecule has 34 heavy (non-hydrogen) atoms. The summed E-state index contributed by atoms with van der Waals surface area (Å²) in [5.74, 6) is -2.35. The Morgan fingerprint density at radius 2 is 1.68 bits per heavy atom. The highest BCUT2D eigenvalue weighted by Crippen LogP contribution is 2.24. The molecular formula is C24H22F3N3O4. The van der Waals surface area contributed by atoms with Crippen LogP contribution in [0.4, 0.5) is 18.9 Å².